The maximum absolute atomic E-state index is 15.3. The molecule has 3 aromatic rings. The minimum absolute atomic E-state index is 0.0415. The Bertz CT molecular complexity index is 1390. The van der Waals surface area contributed by atoms with Gasteiger partial charge in [-0.25, -0.2) is 19.2 Å². The van der Waals surface area contributed by atoms with Gasteiger partial charge in [-0.05, 0) is 65.3 Å². The van der Waals surface area contributed by atoms with E-state index in [1.54, 1.807) is 32.9 Å². The lowest BCUT2D eigenvalue weighted by atomic mass is 9.88. The molecule has 192 valence electrons. The van der Waals surface area contributed by atoms with E-state index in [2.05, 4.69) is 15.3 Å². The van der Waals surface area contributed by atoms with Crippen LogP contribution in [0.3, 0.4) is 0 Å². The highest BCUT2D eigenvalue weighted by Crippen LogP contribution is 2.43. The van der Waals surface area contributed by atoms with Gasteiger partial charge in [-0.2, -0.15) is 0 Å². The van der Waals surface area contributed by atoms with E-state index in [0.717, 1.165) is 0 Å². The van der Waals surface area contributed by atoms with Crippen LogP contribution in [0.2, 0.25) is 10.0 Å². The second-order valence-corrected chi connectivity index (χ2v) is 11.0. The molecule has 1 aliphatic rings. The maximum atomic E-state index is 15.3. The van der Waals surface area contributed by atoms with Crippen molar-refractivity contribution in [2.45, 2.75) is 58.2 Å². The number of hydrogen-bond donors (Lipinski definition) is 1. The van der Waals surface area contributed by atoms with Crippen LogP contribution in [0.15, 0.2) is 35.4 Å². The van der Waals surface area contributed by atoms with Crippen LogP contribution in [0.1, 0.15) is 52.6 Å². The molecule has 1 unspecified atom stereocenters. The van der Waals surface area contributed by atoms with Gasteiger partial charge in [0.05, 0.1) is 34.0 Å². The minimum atomic E-state index is -1.18. The van der Waals surface area contributed by atoms with Crippen LogP contribution in [0, 0.1) is 5.82 Å². The fourth-order valence-electron chi connectivity index (χ4n) is 4.32. The molecule has 1 N–H and O–H groups in total. The lowest BCUT2D eigenvalue weighted by Gasteiger charge is -2.33. The largest absolute Gasteiger partial charge is 0.444 e. The third kappa shape index (κ3) is 4.99. The van der Waals surface area contributed by atoms with E-state index in [1.807, 2.05) is 13.8 Å². The zero-order valence-corrected chi connectivity index (χ0v) is 22.2. The number of ether oxygens (including phenoxy) is 1. The van der Waals surface area contributed by atoms with Crippen LogP contribution in [0.5, 0.6) is 0 Å². The maximum Gasteiger partial charge on any atom is 0.410 e. The second kappa shape index (κ2) is 9.52. The van der Waals surface area contributed by atoms with Crippen molar-refractivity contribution in [1.29, 1.82) is 0 Å². The van der Waals surface area contributed by atoms with E-state index >= 15 is 4.39 Å². The number of nitrogens with one attached hydrogen (secondary N) is 1. The molecule has 1 aliphatic heterocycles. The van der Waals surface area contributed by atoms with Crippen LogP contribution in [-0.2, 0) is 10.3 Å². The van der Waals surface area contributed by atoms with E-state index in [4.69, 9.17) is 27.9 Å². The standard InChI is InChI=1S/C25H28Cl2FN5O3/c1-14(2)33-13-29-17-8-9-18(30-21(17)22(33)34)31-25(19-16(28)7-6-15(26)20(19)27)10-11-32(12-25)23(35)36-24(3,4)5/h6-9,13-14H,10-12H2,1-5H3,(H,30,31). The van der Waals surface area contributed by atoms with Crippen molar-refractivity contribution in [2.75, 3.05) is 18.4 Å². The summed E-state index contributed by atoms with van der Waals surface area (Å²) in [4.78, 5) is 36.2. The molecule has 0 saturated carbocycles. The van der Waals surface area contributed by atoms with Gasteiger partial charge in [-0.1, -0.05) is 23.2 Å². The number of benzene rings is 1. The molecule has 0 bridgehead atoms. The molecule has 3 heterocycles. The van der Waals surface area contributed by atoms with Crippen LogP contribution in [-0.4, -0.2) is 44.2 Å². The number of rotatable bonds is 4. The van der Waals surface area contributed by atoms with Gasteiger partial charge < -0.3 is 15.0 Å². The van der Waals surface area contributed by atoms with Crippen molar-refractivity contribution in [3.8, 4) is 0 Å². The molecule has 1 aromatic carbocycles. The van der Waals surface area contributed by atoms with Gasteiger partial charge in [0, 0.05) is 18.2 Å². The van der Waals surface area contributed by atoms with Crippen molar-refractivity contribution >= 4 is 46.1 Å². The van der Waals surface area contributed by atoms with Crippen molar-refractivity contribution in [2.24, 2.45) is 0 Å². The first-order valence-corrected chi connectivity index (χ1v) is 12.3. The van der Waals surface area contributed by atoms with Crippen LogP contribution in [0.4, 0.5) is 15.0 Å². The summed E-state index contributed by atoms with van der Waals surface area (Å²) >= 11 is 12.8. The normalized spacial score (nSPS) is 18.2. The summed E-state index contributed by atoms with van der Waals surface area (Å²) in [5.74, 6) is -0.267. The summed E-state index contributed by atoms with van der Waals surface area (Å²) in [6.07, 6.45) is 1.26. The number of halogens is 3. The fourth-order valence-corrected chi connectivity index (χ4v) is 4.81. The number of likely N-dealkylation sites (tertiary alicyclic amines) is 1. The monoisotopic (exact) mass is 535 g/mol. The average Bonchev–Trinajstić information content (AvgIpc) is 3.20. The van der Waals surface area contributed by atoms with E-state index in [9.17, 15) is 9.59 Å². The summed E-state index contributed by atoms with van der Waals surface area (Å²) < 4.78 is 22.3. The van der Waals surface area contributed by atoms with Crippen LogP contribution < -0.4 is 10.9 Å². The fraction of sp³-hybridized carbons (Fsp3) is 0.440. The number of carbonyl (C=O) groups excluding carboxylic acids is 1. The first-order valence-electron chi connectivity index (χ1n) is 11.6. The lowest BCUT2D eigenvalue weighted by Crippen LogP contribution is -2.42. The van der Waals surface area contributed by atoms with Crippen LogP contribution in [0.25, 0.3) is 11.0 Å². The number of fused-ring (bicyclic) bond motifs is 1. The van der Waals surface area contributed by atoms with E-state index in [-0.39, 0.29) is 45.8 Å². The number of hydrogen-bond acceptors (Lipinski definition) is 6. The summed E-state index contributed by atoms with van der Waals surface area (Å²) in [5.41, 5.74) is -1.44. The Morgan fingerprint density at radius 1 is 1.22 bits per heavy atom. The first kappa shape index (κ1) is 26.2. The number of aromatic nitrogens is 3. The third-order valence-corrected chi connectivity index (χ3v) is 6.80. The lowest BCUT2D eigenvalue weighted by molar-refractivity contribution is 0.0286. The quantitative estimate of drug-likeness (QED) is 0.426. The molecule has 11 heteroatoms. The van der Waals surface area contributed by atoms with Crippen LogP contribution >= 0.6 is 23.2 Å². The van der Waals surface area contributed by atoms with Crippen molar-refractivity contribution in [3.63, 3.8) is 0 Å². The molecule has 0 aliphatic carbocycles. The van der Waals surface area contributed by atoms with Gasteiger partial charge in [-0.3, -0.25) is 9.36 Å². The molecular formula is C25H28Cl2FN5O3. The van der Waals surface area contributed by atoms with Gasteiger partial charge in [0.1, 0.15) is 17.2 Å². The highest BCUT2D eigenvalue weighted by atomic mass is 35.5. The van der Waals surface area contributed by atoms with E-state index in [0.29, 0.717) is 17.8 Å². The minimum Gasteiger partial charge on any atom is -0.444 e. The summed E-state index contributed by atoms with van der Waals surface area (Å²) in [6.45, 7) is 9.39. The highest BCUT2D eigenvalue weighted by molar-refractivity contribution is 6.42. The van der Waals surface area contributed by atoms with E-state index in [1.165, 1.54) is 27.9 Å². The molecule has 0 spiro atoms. The Morgan fingerprint density at radius 2 is 1.94 bits per heavy atom. The predicted molar refractivity (Wildman–Crippen MR) is 138 cm³/mol. The Kier molecular flexibility index (Phi) is 6.92. The van der Waals surface area contributed by atoms with Gasteiger partial charge in [0.2, 0.25) is 0 Å². The van der Waals surface area contributed by atoms with Crippen molar-refractivity contribution in [3.05, 3.63) is 62.4 Å². The second-order valence-electron chi connectivity index (χ2n) is 10.2. The van der Waals surface area contributed by atoms with Gasteiger partial charge in [-0.15, -0.1) is 0 Å². The summed E-state index contributed by atoms with van der Waals surface area (Å²) in [6, 6.07) is 5.84. The molecule has 1 amide bonds. The molecule has 8 nitrogen and oxygen atoms in total. The number of anilines is 1. The SMILES string of the molecule is CC(C)n1cnc2ccc(NC3(c4c(F)ccc(Cl)c4Cl)CCN(C(=O)OC(C)(C)C)C3)nc2c1=O. The van der Waals surface area contributed by atoms with Gasteiger partial charge in [0.25, 0.3) is 5.56 Å². The average molecular weight is 536 g/mol. The van der Waals surface area contributed by atoms with Crippen molar-refractivity contribution < 1.29 is 13.9 Å². The Hall–Kier alpha value is -2.91. The molecule has 2 aromatic heterocycles. The molecule has 4 rings (SSSR count). The predicted octanol–water partition coefficient (Wildman–Crippen LogP) is 5.77. The number of nitrogens with zero attached hydrogens (tertiary/aromatic N) is 4. The Morgan fingerprint density at radius 3 is 2.61 bits per heavy atom. The third-order valence-electron chi connectivity index (χ3n) is 6.00. The van der Waals surface area contributed by atoms with Gasteiger partial charge in [0.15, 0.2) is 5.52 Å². The Balaban J connectivity index is 1.80. The Labute approximate surface area is 218 Å². The zero-order valence-electron chi connectivity index (χ0n) is 20.7. The molecule has 1 saturated heterocycles. The molecule has 1 atom stereocenters. The number of pyridine rings is 1. The topological polar surface area (TPSA) is 89.3 Å². The van der Waals surface area contributed by atoms with Gasteiger partial charge >= 0.3 is 6.09 Å². The number of amides is 1. The van der Waals surface area contributed by atoms with Crippen molar-refractivity contribution in [1.82, 2.24) is 19.4 Å². The summed E-state index contributed by atoms with van der Waals surface area (Å²) in [7, 11) is 0. The number of carbonyl (C=O) groups is 1. The molecule has 1 fully saturated rings. The first-order chi connectivity index (χ1) is 16.8. The smallest absolute Gasteiger partial charge is 0.410 e. The zero-order chi connectivity index (χ0) is 26.4. The molecule has 0 radical (unpaired) electrons. The molecular weight excluding hydrogens is 508 g/mol. The summed E-state index contributed by atoms with van der Waals surface area (Å²) in [5, 5.41) is 3.50. The van der Waals surface area contributed by atoms with E-state index < -0.39 is 23.1 Å². The molecule has 36 heavy (non-hydrogen) atoms. The highest BCUT2D eigenvalue weighted by Gasteiger charge is 2.46.